The molecule has 7 aromatic carbocycles. The molecule has 0 saturated carbocycles. The minimum Gasteiger partial charge on any atom is -0.489 e. The van der Waals surface area contributed by atoms with Crippen LogP contribution in [0.1, 0.15) is 58.5 Å². The molecule has 7 aromatic rings. The van der Waals surface area contributed by atoms with Crippen molar-refractivity contribution in [3.05, 3.63) is 131 Å². The number of hydrogen-bond donors (Lipinski definition) is 0. The Morgan fingerprint density at radius 3 is 1.26 bits per heavy atom. The van der Waals surface area contributed by atoms with E-state index in [9.17, 15) is 9.59 Å². The standard InChI is InChI=1S/C50H42O8/c1-5-21-53-47-29-33-17-19-37(25-35(33)27-43(47)49(51)55-23-7-3)57-31-45-39-13-9-11-15-41(39)46(42-16-12-10-14-40(42)45)32-58-38-20-18-34-30-48(54-22-6-2)44(28-36(34)26-38)50(52)56-24-8-4/h1-2,9-20,25-30H,7-8,21-24,31-32H2,3-4H3. The van der Waals surface area contributed by atoms with Crippen molar-refractivity contribution in [1.82, 2.24) is 0 Å². The van der Waals surface area contributed by atoms with Crippen LogP contribution in [0.4, 0.5) is 0 Å². The highest BCUT2D eigenvalue weighted by molar-refractivity contribution is 6.06. The van der Waals surface area contributed by atoms with E-state index in [1.807, 2.05) is 74.5 Å². The maximum absolute atomic E-state index is 13.0. The highest BCUT2D eigenvalue weighted by atomic mass is 16.5. The molecule has 8 heteroatoms. The maximum atomic E-state index is 13.0. The third-order valence-corrected chi connectivity index (χ3v) is 9.68. The largest absolute Gasteiger partial charge is 0.489 e. The molecule has 0 aliphatic heterocycles. The fourth-order valence-electron chi connectivity index (χ4n) is 6.96. The highest BCUT2D eigenvalue weighted by Gasteiger charge is 2.19. The van der Waals surface area contributed by atoms with E-state index in [0.717, 1.165) is 54.2 Å². The lowest BCUT2D eigenvalue weighted by Gasteiger charge is -2.18. The van der Waals surface area contributed by atoms with Crippen LogP contribution < -0.4 is 18.9 Å². The van der Waals surface area contributed by atoms with E-state index in [2.05, 4.69) is 36.1 Å². The Labute approximate surface area is 337 Å². The summed E-state index contributed by atoms with van der Waals surface area (Å²) >= 11 is 0. The lowest BCUT2D eigenvalue weighted by Crippen LogP contribution is -2.09. The molecule has 0 amide bonds. The van der Waals surface area contributed by atoms with E-state index < -0.39 is 11.9 Å². The summed E-state index contributed by atoms with van der Waals surface area (Å²) in [5.41, 5.74) is 2.69. The van der Waals surface area contributed by atoms with Crippen LogP contribution >= 0.6 is 0 Å². The minimum absolute atomic E-state index is 0.0297. The number of benzene rings is 7. The molecule has 0 aromatic heterocycles. The lowest BCUT2D eigenvalue weighted by molar-refractivity contribution is 0.0492. The molecule has 290 valence electrons. The number of terminal acetylenes is 2. The average Bonchev–Trinajstić information content (AvgIpc) is 3.26. The molecule has 8 nitrogen and oxygen atoms in total. The molecule has 7 rings (SSSR count). The zero-order valence-electron chi connectivity index (χ0n) is 32.5. The topological polar surface area (TPSA) is 89.5 Å². The molecule has 0 spiro atoms. The second-order valence-corrected chi connectivity index (χ2v) is 13.6. The van der Waals surface area contributed by atoms with E-state index in [0.29, 0.717) is 73.4 Å². The van der Waals surface area contributed by atoms with Crippen molar-refractivity contribution < 1.29 is 38.0 Å². The van der Waals surface area contributed by atoms with Gasteiger partial charge in [0, 0.05) is 11.1 Å². The Morgan fingerprint density at radius 1 is 0.500 bits per heavy atom. The van der Waals surface area contributed by atoms with Crippen LogP contribution in [0.25, 0.3) is 43.1 Å². The van der Waals surface area contributed by atoms with Gasteiger partial charge in [-0.15, -0.1) is 12.8 Å². The zero-order valence-corrected chi connectivity index (χ0v) is 32.5. The van der Waals surface area contributed by atoms with Crippen LogP contribution in [-0.4, -0.2) is 38.4 Å². The predicted molar refractivity (Wildman–Crippen MR) is 228 cm³/mol. The minimum atomic E-state index is -0.469. The Kier molecular flexibility index (Phi) is 12.3. The van der Waals surface area contributed by atoms with Gasteiger partial charge in [0.15, 0.2) is 0 Å². The van der Waals surface area contributed by atoms with E-state index in [4.69, 9.17) is 41.3 Å². The number of carbonyl (C=O) groups excluding carboxylic acids is 2. The summed E-state index contributed by atoms with van der Waals surface area (Å²) < 4.78 is 35.3. The second-order valence-electron chi connectivity index (χ2n) is 13.6. The number of carbonyl (C=O) groups is 2. The zero-order chi connectivity index (χ0) is 40.4. The van der Waals surface area contributed by atoms with Gasteiger partial charge in [0.1, 0.15) is 60.6 Å². The Bertz CT molecular complexity index is 2490. The molecular weight excluding hydrogens is 729 g/mol. The number of rotatable bonds is 16. The molecule has 0 saturated heterocycles. The van der Waals surface area contributed by atoms with Crippen LogP contribution in [0.2, 0.25) is 0 Å². The smallest absolute Gasteiger partial charge is 0.341 e. The Balaban J connectivity index is 1.18. The Morgan fingerprint density at radius 2 is 0.897 bits per heavy atom. The van der Waals surface area contributed by atoms with Crippen LogP contribution in [0.15, 0.2) is 109 Å². The van der Waals surface area contributed by atoms with E-state index in [1.54, 1.807) is 24.3 Å². The molecule has 0 bridgehead atoms. The first-order chi connectivity index (χ1) is 28.4. The van der Waals surface area contributed by atoms with Crippen LogP contribution in [-0.2, 0) is 22.7 Å². The molecule has 0 atom stereocenters. The molecule has 0 unspecified atom stereocenters. The van der Waals surface area contributed by atoms with E-state index >= 15 is 0 Å². The van der Waals surface area contributed by atoms with Gasteiger partial charge in [0.25, 0.3) is 0 Å². The molecule has 0 N–H and O–H groups in total. The van der Waals surface area contributed by atoms with Crippen LogP contribution in [0.3, 0.4) is 0 Å². The lowest BCUT2D eigenvalue weighted by atomic mass is 9.92. The molecule has 0 fully saturated rings. The monoisotopic (exact) mass is 770 g/mol. The van der Waals surface area contributed by atoms with Crippen molar-refractivity contribution in [2.24, 2.45) is 0 Å². The third-order valence-electron chi connectivity index (χ3n) is 9.68. The number of esters is 2. The van der Waals surface area contributed by atoms with Crippen molar-refractivity contribution in [3.63, 3.8) is 0 Å². The number of ether oxygens (including phenoxy) is 6. The summed E-state index contributed by atoms with van der Waals surface area (Å²) in [4.78, 5) is 25.9. The molecule has 0 radical (unpaired) electrons. The predicted octanol–water partition coefficient (Wildman–Crippen LogP) is 10.6. The highest BCUT2D eigenvalue weighted by Crippen LogP contribution is 2.36. The summed E-state index contributed by atoms with van der Waals surface area (Å²) in [5, 5.41) is 7.52. The molecular formula is C50H42O8. The summed E-state index contributed by atoms with van der Waals surface area (Å²) in [6, 6.07) is 35.1. The first-order valence-electron chi connectivity index (χ1n) is 19.2. The van der Waals surface area contributed by atoms with Gasteiger partial charge in [0.2, 0.25) is 0 Å². The van der Waals surface area contributed by atoms with Crippen molar-refractivity contribution in [1.29, 1.82) is 0 Å². The van der Waals surface area contributed by atoms with E-state index in [-0.39, 0.29) is 13.2 Å². The summed E-state index contributed by atoms with van der Waals surface area (Å²) in [7, 11) is 0. The fraction of sp³-hybridized carbons (Fsp3) is 0.200. The SMILES string of the molecule is C#CCOc1cc2ccc(OCc3c4ccccc4c(COc4ccc5cc(OCC#C)c(C(=O)OCCC)cc5c4)c4ccccc34)cc2cc1C(=O)OCCC. The maximum Gasteiger partial charge on any atom is 0.341 e. The molecule has 0 aliphatic rings. The fourth-order valence-corrected chi connectivity index (χ4v) is 6.96. The van der Waals surface area contributed by atoms with E-state index in [1.165, 1.54) is 0 Å². The van der Waals surface area contributed by atoms with Crippen molar-refractivity contribution in [2.75, 3.05) is 26.4 Å². The van der Waals surface area contributed by atoms with Crippen LogP contribution in [0.5, 0.6) is 23.0 Å². The van der Waals surface area contributed by atoms with Gasteiger partial charge in [-0.1, -0.05) is 86.4 Å². The van der Waals surface area contributed by atoms with Crippen molar-refractivity contribution >= 4 is 55.0 Å². The first kappa shape index (κ1) is 39.1. The van der Waals surface area contributed by atoms with Gasteiger partial charge >= 0.3 is 11.9 Å². The summed E-state index contributed by atoms with van der Waals surface area (Å²) in [6.07, 6.45) is 12.3. The summed E-state index contributed by atoms with van der Waals surface area (Å²) in [5.74, 6) is 6.02. The second kappa shape index (κ2) is 18.2. The first-order valence-corrected chi connectivity index (χ1v) is 19.2. The molecule has 58 heavy (non-hydrogen) atoms. The normalized spacial score (nSPS) is 10.9. The quantitative estimate of drug-likeness (QED) is 0.0545. The average molecular weight is 771 g/mol. The number of hydrogen-bond acceptors (Lipinski definition) is 8. The van der Waals surface area contributed by atoms with Gasteiger partial charge in [-0.2, -0.15) is 0 Å². The number of fused-ring (bicyclic) bond motifs is 4. The van der Waals surface area contributed by atoms with Gasteiger partial charge < -0.3 is 28.4 Å². The molecule has 0 aliphatic carbocycles. The van der Waals surface area contributed by atoms with Crippen LogP contribution in [0, 0.1) is 24.7 Å². The molecule has 0 heterocycles. The van der Waals surface area contributed by atoms with Crippen molar-refractivity contribution in [2.45, 2.75) is 39.9 Å². The van der Waals surface area contributed by atoms with Gasteiger partial charge in [-0.3, -0.25) is 0 Å². The van der Waals surface area contributed by atoms with Gasteiger partial charge in [-0.25, -0.2) is 9.59 Å². The third kappa shape index (κ3) is 8.48. The van der Waals surface area contributed by atoms with Gasteiger partial charge in [0.05, 0.1) is 13.2 Å². The van der Waals surface area contributed by atoms with Gasteiger partial charge in [-0.05, 0) is 104 Å². The van der Waals surface area contributed by atoms with Crippen molar-refractivity contribution in [3.8, 4) is 47.7 Å². The Hall–Kier alpha value is -7.16. The summed E-state index contributed by atoms with van der Waals surface area (Å²) in [6.45, 7) is 5.13.